The molecular formula is C9H18N2OS. The van der Waals surface area contributed by atoms with Gasteiger partial charge >= 0.3 is 0 Å². The van der Waals surface area contributed by atoms with E-state index in [2.05, 4.69) is 23.7 Å². The number of ether oxygens (including phenoxy) is 1. The normalized spacial score (nSPS) is 28.9. The van der Waals surface area contributed by atoms with Crippen LogP contribution in [0.15, 0.2) is 4.99 Å². The predicted octanol–water partition coefficient (Wildman–Crippen LogP) is 1.79. The molecule has 3 nitrogen and oxygen atoms in total. The van der Waals surface area contributed by atoms with Gasteiger partial charge in [-0.2, -0.15) is 0 Å². The van der Waals surface area contributed by atoms with E-state index in [1.807, 2.05) is 7.05 Å². The Labute approximate surface area is 84.5 Å². The number of amidine groups is 1. The summed E-state index contributed by atoms with van der Waals surface area (Å²) in [7, 11) is 3.80. The third-order valence-electron chi connectivity index (χ3n) is 2.15. The Kier molecular flexibility index (Phi) is 4.06. The first-order chi connectivity index (χ1) is 6.19. The van der Waals surface area contributed by atoms with Crippen LogP contribution in [0.5, 0.6) is 0 Å². The van der Waals surface area contributed by atoms with Crippen LogP contribution in [0.2, 0.25) is 0 Å². The number of nitrogens with zero attached hydrogens (tertiary/aromatic N) is 2. The van der Waals surface area contributed by atoms with E-state index < -0.39 is 0 Å². The first kappa shape index (κ1) is 10.9. The lowest BCUT2D eigenvalue weighted by atomic mass is 10.2. The van der Waals surface area contributed by atoms with Crippen molar-refractivity contribution < 1.29 is 4.74 Å². The molecule has 13 heavy (non-hydrogen) atoms. The molecule has 0 unspecified atom stereocenters. The molecule has 0 aliphatic carbocycles. The summed E-state index contributed by atoms with van der Waals surface area (Å²) in [5, 5.41) is 1.10. The minimum Gasteiger partial charge on any atom is -0.361 e. The van der Waals surface area contributed by atoms with Gasteiger partial charge in [-0.05, 0) is 12.7 Å². The minimum atomic E-state index is 0.196. The smallest absolute Gasteiger partial charge is 0.161 e. The summed E-state index contributed by atoms with van der Waals surface area (Å²) >= 11 is 1.78. The van der Waals surface area contributed by atoms with Crippen molar-refractivity contribution in [2.24, 2.45) is 4.99 Å². The molecule has 1 rings (SSSR count). The highest BCUT2D eigenvalue weighted by Crippen LogP contribution is 2.21. The molecule has 0 bridgehead atoms. The molecule has 2 atom stereocenters. The zero-order valence-electron chi connectivity index (χ0n) is 8.78. The molecule has 0 spiro atoms. The average molecular weight is 202 g/mol. The van der Waals surface area contributed by atoms with E-state index in [4.69, 9.17) is 4.74 Å². The SMILES string of the molecule is CCSC1=N[C@@H](C)C[C@@H](OC)N1C. The maximum Gasteiger partial charge on any atom is 0.161 e. The van der Waals surface area contributed by atoms with Gasteiger partial charge in [0.15, 0.2) is 5.17 Å². The van der Waals surface area contributed by atoms with Crippen LogP contribution in [-0.4, -0.2) is 42.2 Å². The second kappa shape index (κ2) is 4.86. The molecule has 0 aromatic heterocycles. The molecule has 1 aliphatic rings. The quantitative estimate of drug-likeness (QED) is 0.682. The number of hydrogen-bond acceptors (Lipinski definition) is 4. The second-order valence-corrected chi connectivity index (χ2v) is 4.46. The molecule has 4 heteroatoms. The van der Waals surface area contributed by atoms with E-state index in [0.717, 1.165) is 17.3 Å². The van der Waals surface area contributed by atoms with Crippen molar-refractivity contribution >= 4 is 16.9 Å². The van der Waals surface area contributed by atoms with E-state index in [9.17, 15) is 0 Å². The summed E-state index contributed by atoms with van der Waals surface area (Å²) in [5.41, 5.74) is 0. The average Bonchev–Trinajstić information content (AvgIpc) is 2.11. The predicted molar refractivity (Wildman–Crippen MR) is 58.2 cm³/mol. The van der Waals surface area contributed by atoms with E-state index in [1.54, 1.807) is 18.9 Å². The zero-order valence-corrected chi connectivity index (χ0v) is 9.60. The van der Waals surface area contributed by atoms with E-state index >= 15 is 0 Å². The standard InChI is InChI=1S/C9H18N2OS/c1-5-13-9-10-7(2)6-8(12-4)11(9)3/h7-8H,5-6H2,1-4H3/t7-,8+/m0/s1. The molecule has 0 aromatic carbocycles. The van der Waals surface area contributed by atoms with Crippen molar-refractivity contribution in [3.8, 4) is 0 Å². The first-order valence-electron chi connectivity index (χ1n) is 4.65. The lowest BCUT2D eigenvalue weighted by molar-refractivity contribution is 0.00525. The summed E-state index contributed by atoms with van der Waals surface area (Å²) in [5.74, 6) is 1.06. The van der Waals surface area contributed by atoms with Crippen LogP contribution in [0.25, 0.3) is 0 Å². The molecule has 0 amide bonds. The summed E-state index contributed by atoms with van der Waals surface area (Å²) in [6, 6.07) is 0.384. The van der Waals surface area contributed by atoms with Crippen molar-refractivity contribution in [1.82, 2.24) is 4.90 Å². The molecule has 0 radical (unpaired) electrons. The van der Waals surface area contributed by atoms with Crippen LogP contribution >= 0.6 is 11.8 Å². The zero-order chi connectivity index (χ0) is 9.84. The number of hydrogen-bond donors (Lipinski definition) is 0. The van der Waals surface area contributed by atoms with Gasteiger partial charge < -0.3 is 9.64 Å². The van der Waals surface area contributed by atoms with E-state index in [-0.39, 0.29) is 6.23 Å². The first-order valence-corrected chi connectivity index (χ1v) is 5.63. The Bertz CT molecular complexity index is 196. The van der Waals surface area contributed by atoms with Crippen molar-refractivity contribution in [2.45, 2.75) is 32.5 Å². The number of rotatable bonds is 2. The molecule has 0 aromatic rings. The highest BCUT2D eigenvalue weighted by molar-refractivity contribution is 8.13. The highest BCUT2D eigenvalue weighted by atomic mass is 32.2. The summed E-state index contributed by atoms with van der Waals surface area (Å²) in [6.07, 6.45) is 1.18. The van der Waals surface area contributed by atoms with Gasteiger partial charge in [0, 0.05) is 20.6 Å². The van der Waals surface area contributed by atoms with Crippen LogP contribution in [0.3, 0.4) is 0 Å². The molecule has 76 valence electrons. The van der Waals surface area contributed by atoms with Crippen LogP contribution in [0.1, 0.15) is 20.3 Å². The van der Waals surface area contributed by atoms with Gasteiger partial charge in [-0.1, -0.05) is 18.7 Å². The number of aliphatic imine (C=N–C) groups is 1. The van der Waals surface area contributed by atoms with Crippen LogP contribution in [0, 0.1) is 0 Å². The molecule has 1 heterocycles. The van der Waals surface area contributed by atoms with Gasteiger partial charge in [-0.15, -0.1) is 0 Å². The van der Waals surface area contributed by atoms with Crippen molar-refractivity contribution in [3.05, 3.63) is 0 Å². The summed E-state index contributed by atoms with van der Waals surface area (Å²) in [6.45, 7) is 4.28. The Morgan fingerprint density at radius 2 is 2.38 bits per heavy atom. The van der Waals surface area contributed by atoms with Gasteiger partial charge in [0.25, 0.3) is 0 Å². The summed E-state index contributed by atoms with van der Waals surface area (Å²) in [4.78, 5) is 6.70. The topological polar surface area (TPSA) is 24.8 Å². The van der Waals surface area contributed by atoms with Gasteiger partial charge in [0.05, 0.1) is 6.04 Å². The number of methoxy groups -OCH3 is 1. The monoisotopic (exact) mass is 202 g/mol. The third kappa shape index (κ3) is 2.61. The largest absolute Gasteiger partial charge is 0.361 e. The third-order valence-corrected chi connectivity index (χ3v) is 3.09. The number of thioether (sulfide) groups is 1. The molecule has 0 fully saturated rings. The Morgan fingerprint density at radius 3 is 2.92 bits per heavy atom. The van der Waals surface area contributed by atoms with Crippen molar-refractivity contribution in [2.75, 3.05) is 19.9 Å². The van der Waals surface area contributed by atoms with Crippen LogP contribution in [-0.2, 0) is 4.74 Å². The molecule has 0 saturated carbocycles. The fourth-order valence-corrected chi connectivity index (χ4v) is 2.26. The minimum absolute atomic E-state index is 0.196. The fraction of sp³-hybridized carbons (Fsp3) is 0.889. The van der Waals surface area contributed by atoms with Gasteiger partial charge in [0.2, 0.25) is 0 Å². The summed E-state index contributed by atoms with van der Waals surface area (Å²) < 4.78 is 5.38. The van der Waals surface area contributed by atoms with Gasteiger partial charge in [-0.25, -0.2) is 0 Å². The lowest BCUT2D eigenvalue weighted by Crippen LogP contribution is -2.42. The molecule has 1 aliphatic heterocycles. The maximum atomic E-state index is 5.38. The van der Waals surface area contributed by atoms with Gasteiger partial charge in [0.1, 0.15) is 6.23 Å². The maximum absolute atomic E-state index is 5.38. The van der Waals surface area contributed by atoms with E-state index in [1.165, 1.54) is 0 Å². The van der Waals surface area contributed by atoms with Crippen molar-refractivity contribution in [1.29, 1.82) is 0 Å². The molecule has 0 saturated heterocycles. The fourth-order valence-electron chi connectivity index (χ4n) is 1.43. The second-order valence-electron chi connectivity index (χ2n) is 3.23. The van der Waals surface area contributed by atoms with Crippen molar-refractivity contribution in [3.63, 3.8) is 0 Å². The highest BCUT2D eigenvalue weighted by Gasteiger charge is 2.25. The van der Waals surface area contributed by atoms with E-state index in [0.29, 0.717) is 6.04 Å². The van der Waals surface area contributed by atoms with Crippen LogP contribution in [0.4, 0.5) is 0 Å². The Morgan fingerprint density at radius 1 is 1.69 bits per heavy atom. The molecular weight excluding hydrogens is 184 g/mol. The molecule has 0 N–H and O–H groups in total. The lowest BCUT2D eigenvalue weighted by Gasteiger charge is -2.34. The van der Waals surface area contributed by atoms with Crippen LogP contribution < -0.4 is 0 Å². The Hall–Kier alpha value is -0.220. The Balaban J connectivity index is 2.68. The van der Waals surface area contributed by atoms with Gasteiger partial charge in [-0.3, -0.25) is 4.99 Å².